The first-order valence-corrected chi connectivity index (χ1v) is 11.6. The van der Waals surface area contributed by atoms with Crippen LogP contribution in [0, 0.1) is 67.2 Å². The number of rotatable bonds is 6. The van der Waals surface area contributed by atoms with E-state index in [0.717, 1.165) is 0 Å². The van der Waals surface area contributed by atoms with Crippen LogP contribution in [0.5, 0.6) is 0 Å². The molecule has 0 amide bonds. The molecule has 0 aromatic heterocycles. The van der Waals surface area contributed by atoms with E-state index in [4.69, 9.17) is 0 Å². The molecule has 2 aromatic carbocycles. The van der Waals surface area contributed by atoms with Crippen molar-refractivity contribution in [1.82, 2.24) is 0 Å². The molecule has 0 aliphatic rings. The molecule has 0 saturated heterocycles. The van der Waals surface area contributed by atoms with Crippen LogP contribution < -0.4 is 0 Å². The number of benzene rings is 2. The Hall–Kier alpha value is -1.82. The highest BCUT2D eigenvalue weighted by molar-refractivity contribution is 5.51. The van der Waals surface area contributed by atoms with Crippen molar-refractivity contribution in [3.63, 3.8) is 0 Å². The van der Waals surface area contributed by atoms with Crippen LogP contribution in [0.3, 0.4) is 0 Å². The summed E-state index contributed by atoms with van der Waals surface area (Å²) < 4.78 is 0. The predicted octanol–water partition coefficient (Wildman–Crippen LogP) is 8.89. The first-order chi connectivity index (χ1) is 13.8. The Balaban J connectivity index is 2.37. The van der Waals surface area contributed by atoms with Crippen LogP contribution in [0.2, 0.25) is 0 Å². The first kappa shape index (κ1) is 24.4. The third-order valence-corrected chi connectivity index (χ3v) is 8.77. The monoisotopic (exact) mass is 404 g/mol. The van der Waals surface area contributed by atoms with Gasteiger partial charge in [0.15, 0.2) is 0 Å². The molecule has 0 spiro atoms. The lowest BCUT2D eigenvalue weighted by Gasteiger charge is -2.33. The van der Waals surface area contributed by atoms with Gasteiger partial charge >= 0.3 is 0 Å². The minimum Gasteiger partial charge on any atom is -0.0993 e. The van der Waals surface area contributed by atoms with Gasteiger partial charge in [-0.2, -0.15) is 0 Å². The van der Waals surface area contributed by atoms with E-state index < -0.39 is 0 Å². The molecule has 0 bridgehead atoms. The second-order valence-electron chi connectivity index (χ2n) is 9.99. The van der Waals surface area contributed by atoms with E-state index in [1.165, 1.54) is 61.2 Å². The third-order valence-electron chi connectivity index (χ3n) is 8.77. The van der Waals surface area contributed by atoms with Gasteiger partial charge in [0.1, 0.15) is 0 Å². The SMILES string of the molecule is C=C(C(C)C(C)c1ccc(C)c(C)c1C)C(C)C(C)c1c(C)c(C)c(C)c(C)c1C. The van der Waals surface area contributed by atoms with Crippen LogP contribution in [0.4, 0.5) is 0 Å². The average Bonchev–Trinajstić information content (AvgIpc) is 2.72. The topological polar surface area (TPSA) is 0 Å². The molecule has 0 N–H and O–H groups in total. The molecular weight excluding hydrogens is 360 g/mol. The highest BCUT2D eigenvalue weighted by Gasteiger charge is 2.28. The van der Waals surface area contributed by atoms with E-state index in [9.17, 15) is 0 Å². The van der Waals surface area contributed by atoms with E-state index in [1.807, 2.05) is 0 Å². The van der Waals surface area contributed by atoms with E-state index in [2.05, 4.69) is 102 Å². The van der Waals surface area contributed by atoms with Crippen molar-refractivity contribution in [2.24, 2.45) is 11.8 Å². The molecular formula is C30H44. The Labute approximate surface area is 186 Å². The number of hydrogen-bond donors (Lipinski definition) is 0. The second kappa shape index (κ2) is 9.13. The van der Waals surface area contributed by atoms with Gasteiger partial charge in [-0.15, -0.1) is 0 Å². The van der Waals surface area contributed by atoms with Gasteiger partial charge in [-0.3, -0.25) is 0 Å². The maximum absolute atomic E-state index is 4.64. The fourth-order valence-electron chi connectivity index (χ4n) is 5.26. The largest absolute Gasteiger partial charge is 0.0993 e. The van der Waals surface area contributed by atoms with Crippen molar-refractivity contribution in [2.45, 2.75) is 94.9 Å². The normalized spacial score (nSPS) is 15.6. The number of aryl methyl sites for hydroxylation is 1. The van der Waals surface area contributed by atoms with Crippen molar-refractivity contribution < 1.29 is 0 Å². The Morgan fingerprint density at radius 1 is 0.567 bits per heavy atom. The molecule has 4 atom stereocenters. The lowest BCUT2D eigenvalue weighted by atomic mass is 9.72. The summed E-state index contributed by atoms with van der Waals surface area (Å²) >= 11 is 0. The van der Waals surface area contributed by atoms with Gasteiger partial charge in [-0.1, -0.05) is 52.0 Å². The lowest BCUT2D eigenvalue weighted by Crippen LogP contribution is -2.20. The van der Waals surface area contributed by atoms with Crippen LogP contribution in [0.15, 0.2) is 24.3 Å². The van der Waals surface area contributed by atoms with Crippen LogP contribution in [-0.4, -0.2) is 0 Å². The summed E-state index contributed by atoms with van der Waals surface area (Å²) in [6.07, 6.45) is 0. The van der Waals surface area contributed by atoms with E-state index in [-0.39, 0.29) is 0 Å². The molecule has 0 fully saturated rings. The highest BCUT2D eigenvalue weighted by Crippen LogP contribution is 2.42. The van der Waals surface area contributed by atoms with Crippen molar-refractivity contribution in [1.29, 1.82) is 0 Å². The van der Waals surface area contributed by atoms with E-state index in [0.29, 0.717) is 23.7 Å². The van der Waals surface area contributed by atoms with Crippen LogP contribution in [-0.2, 0) is 0 Å². The maximum Gasteiger partial charge on any atom is -0.0122 e. The summed E-state index contributed by atoms with van der Waals surface area (Å²) in [6.45, 7) is 32.3. The zero-order valence-electron chi connectivity index (χ0n) is 21.7. The summed E-state index contributed by atoms with van der Waals surface area (Å²) in [4.78, 5) is 0. The van der Waals surface area contributed by atoms with Crippen LogP contribution >= 0.6 is 0 Å². The Morgan fingerprint density at radius 2 is 1.00 bits per heavy atom. The Kier molecular flexibility index (Phi) is 7.44. The molecule has 0 heteroatoms. The fraction of sp³-hybridized carbons (Fsp3) is 0.533. The van der Waals surface area contributed by atoms with Crippen molar-refractivity contribution in [3.05, 3.63) is 79.9 Å². The van der Waals surface area contributed by atoms with Crippen LogP contribution in [0.25, 0.3) is 0 Å². The van der Waals surface area contributed by atoms with Crippen molar-refractivity contribution in [2.75, 3.05) is 0 Å². The molecule has 0 aliphatic heterocycles. The fourth-order valence-corrected chi connectivity index (χ4v) is 5.26. The number of allylic oxidation sites excluding steroid dienone is 1. The molecule has 2 aromatic rings. The smallest absolute Gasteiger partial charge is 0.0122 e. The number of hydrogen-bond acceptors (Lipinski definition) is 0. The second-order valence-corrected chi connectivity index (χ2v) is 9.99. The minimum absolute atomic E-state index is 0.438. The molecule has 164 valence electrons. The lowest BCUT2D eigenvalue weighted by molar-refractivity contribution is 0.452. The third kappa shape index (κ3) is 4.16. The summed E-state index contributed by atoms with van der Waals surface area (Å²) in [5.41, 5.74) is 15.9. The molecule has 0 aliphatic carbocycles. The summed E-state index contributed by atoms with van der Waals surface area (Å²) in [5.74, 6) is 1.81. The zero-order valence-corrected chi connectivity index (χ0v) is 21.7. The predicted molar refractivity (Wildman–Crippen MR) is 135 cm³/mol. The van der Waals surface area contributed by atoms with Gasteiger partial charge in [-0.25, -0.2) is 0 Å². The van der Waals surface area contributed by atoms with Gasteiger partial charge in [0.2, 0.25) is 0 Å². The van der Waals surface area contributed by atoms with Gasteiger partial charge in [0.25, 0.3) is 0 Å². The minimum atomic E-state index is 0.438. The molecule has 4 unspecified atom stereocenters. The summed E-state index contributed by atoms with van der Waals surface area (Å²) in [5, 5.41) is 0. The summed E-state index contributed by atoms with van der Waals surface area (Å²) in [7, 11) is 0. The van der Waals surface area contributed by atoms with Crippen molar-refractivity contribution in [3.8, 4) is 0 Å². The summed E-state index contributed by atoms with van der Waals surface area (Å²) in [6, 6.07) is 4.61. The highest BCUT2D eigenvalue weighted by atomic mass is 14.3. The maximum atomic E-state index is 4.64. The molecule has 0 heterocycles. The Bertz CT molecular complexity index is 928. The van der Waals surface area contributed by atoms with E-state index >= 15 is 0 Å². The van der Waals surface area contributed by atoms with E-state index in [1.54, 1.807) is 0 Å². The first-order valence-electron chi connectivity index (χ1n) is 11.6. The van der Waals surface area contributed by atoms with Gasteiger partial charge < -0.3 is 0 Å². The van der Waals surface area contributed by atoms with Gasteiger partial charge in [0, 0.05) is 0 Å². The average molecular weight is 405 g/mol. The van der Waals surface area contributed by atoms with Crippen LogP contribution in [0.1, 0.15) is 95.2 Å². The molecule has 0 radical (unpaired) electrons. The zero-order chi connectivity index (χ0) is 23.1. The van der Waals surface area contributed by atoms with Gasteiger partial charge in [-0.05, 0) is 135 Å². The standard InChI is InChI=1S/C30H44/c1-16-14-15-29(24(9)17(16)2)25(10)20(5)18(3)21(6)26(11)30-27(12)22(7)19(4)23(8)28(30)13/h14-15,20-21,25-26H,3H2,1-2,4-13H3. The molecule has 0 nitrogen and oxygen atoms in total. The molecule has 30 heavy (non-hydrogen) atoms. The quantitative estimate of drug-likeness (QED) is 0.422. The van der Waals surface area contributed by atoms with Crippen molar-refractivity contribution >= 4 is 0 Å². The molecule has 2 rings (SSSR count). The Morgan fingerprint density at radius 3 is 1.50 bits per heavy atom. The molecule has 0 saturated carbocycles. The van der Waals surface area contributed by atoms with Gasteiger partial charge in [0.05, 0.1) is 0 Å².